The Bertz CT molecular complexity index is 914. The predicted molar refractivity (Wildman–Crippen MR) is 85.9 cm³/mol. The Kier molecular flexibility index (Phi) is 3.64. The zero-order chi connectivity index (χ0) is 15.7. The standard InChI is InChI=1S/C15H13N3O3S/c1-8-6-7-9(13(19)16-8)14(20)18-15-17-12-10(21-2)4-3-5-11(12)22-15/h3-7H,1-2H3,(H,16,19)(H,17,18,20). The number of anilines is 1. The van der Waals surface area contributed by atoms with E-state index in [9.17, 15) is 9.59 Å². The van der Waals surface area contributed by atoms with Crippen molar-refractivity contribution < 1.29 is 9.53 Å². The van der Waals surface area contributed by atoms with Crippen molar-refractivity contribution in [3.05, 3.63) is 51.9 Å². The Balaban J connectivity index is 1.92. The smallest absolute Gasteiger partial charge is 0.263 e. The SMILES string of the molecule is COc1cccc2sc(NC(=O)c3ccc(C)[nH]c3=O)nc12. The van der Waals surface area contributed by atoms with E-state index in [1.54, 1.807) is 26.2 Å². The number of H-pyrrole nitrogens is 1. The number of aryl methyl sites for hydroxylation is 1. The van der Waals surface area contributed by atoms with Crippen molar-refractivity contribution >= 4 is 32.6 Å². The fourth-order valence-corrected chi connectivity index (χ4v) is 2.94. The third-order valence-electron chi connectivity index (χ3n) is 3.12. The number of nitrogens with one attached hydrogen (secondary N) is 2. The number of hydrogen-bond donors (Lipinski definition) is 2. The fraction of sp³-hybridized carbons (Fsp3) is 0.133. The first kappa shape index (κ1) is 14.3. The summed E-state index contributed by atoms with van der Waals surface area (Å²) in [5, 5.41) is 3.07. The second kappa shape index (κ2) is 5.61. The average Bonchev–Trinajstić information content (AvgIpc) is 2.89. The molecule has 0 aliphatic heterocycles. The van der Waals surface area contributed by atoms with Crippen molar-refractivity contribution in [3.8, 4) is 5.75 Å². The molecule has 0 fully saturated rings. The molecule has 0 radical (unpaired) electrons. The molecule has 3 rings (SSSR count). The van der Waals surface area contributed by atoms with Crippen LogP contribution in [0.25, 0.3) is 10.2 Å². The number of para-hydroxylation sites is 1. The van der Waals surface area contributed by atoms with Gasteiger partial charge in [-0.3, -0.25) is 14.9 Å². The van der Waals surface area contributed by atoms with Gasteiger partial charge in [-0.1, -0.05) is 17.4 Å². The minimum atomic E-state index is -0.487. The Morgan fingerprint density at radius 2 is 2.14 bits per heavy atom. The van der Waals surface area contributed by atoms with Crippen LogP contribution in [-0.2, 0) is 0 Å². The normalized spacial score (nSPS) is 10.6. The van der Waals surface area contributed by atoms with E-state index in [1.165, 1.54) is 17.4 Å². The van der Waals surface area contributed by atoms with Gasteiger partial charge in [-0.2, -0.15) is 0 Å². The number of benzene rings is 1. The second-order valence-electron chi connectivity index (χ2n) is 4.66. The van der Waals surface area contributed by atoms with E-state index in [-0.39, 0.29) is 5.56 Å². The summed E-state index contributed by atoms with van der Waals surface area (Å²) >= 11 is 1.32. The maximum atomic E-state index is 12.2. The lowest BCUT2D eigenvalue weighted by molar-refractivity contribution is 0.102. The lowest BCUT2D eigenvalue weighted by atomic mass is 10.2. The number of aromatic nitrogens is 2. The minimum absolute atomic E-state index is 0.0526. The number of pyridine rings is 1. The molecular formula is C15H13N3O3S. The van der Waals surface area contributed by atoms with Crippen LogP contribution in [-0.4, -0.2) is 23.0 Å². The van der Waals surface area contributed by atoms with E-state index in [2.05, 4.69) is 15.3 Å². The van der Waals surface area contributed by atoms with Gasteiger partial charge in [-0.25, -0.2) is 4.98 Å². The molecule has 0 saturated heterocycles. The molecule has 3 aromatic rings. The minimum Gasteiger partial charge on any atom is -0.494 e. The summed E-state index contributed by atoms with van der Waals surface area (Å²) < 4.78 is 6.13. The van der Waals surface area contributed by atoms with Crippen LogP contribution < -0.4 is 15.6 Å². The van der Waals surface area contributed by atoms with Crippen molar-refractivity contribution in [2.45, 2.75) is 6.92 Å². The van der Waals surface area contributed by atoms with Gasteiger partial charge in [0.2, 0.25) is 0 Å². The number of nitrogens with zero attached hydrogens (tertiary/aromatic N) is 1. The highest BCUT2D eigenvalue weighted by Crippen LogP contribution is 2.32. The topological polar surface area (TPSA) is 84.1 Å². The van der Waals surface area contributed by atoms with Gasteiger partial charge in [0.25, 0.3) is 11.5 Å². The number of aromatic amines is 1. The molecule has 1 aromatic carbocycles. The average molecular weight is 315 g/mol. The summed E-state index contributed by atoms with van der Waals surface area (Å²) in [7, 11) is 1.57. The highest BCUT2D eigenvalue weighted by Gasteiger charge is 2.14. The van der Waals surface area contributed by atoms with Gasteiger partial charge >= 0.3 is 0 Å². The summed E-state index contributed by atoms with van der Waals surface area (Å²) in [5.41, 5.74) is 1.02. The number of amides is 1. The van der Waals surface area contributed by atoms with Gasteiger partial charge in [-0.15, -0.1) is 0 Å². The first-order valence-electron chi connectivity index (χ1n) is 6.53. The summed E-state index contributed by atoms with van der Waals surface area (Å²) in [6.45, 7) is 1.75. The quantitative estimate of drug-likeness (QED) is 0.778. The predicted octanol–water partition coefficient (Wildman–Crippen LogP) is 2.55. The summed E-state index contributed by atoms with van der Waals surface area (Å²) in [4.78, 5) is 30.9. The van der Waals surface area contributed by atoms with Crippen LogP contribution in [0.15, 0.2) is 35.1 Å². The van der Waals surface area contributed by atoms with E-state index in [0.29, 0.717) is 22.1 Å². The maximum absolute atomic E-state index is 12.2. The highest BCUT2D eigenvalue weighted by atomic mass is 32.1. The molecule has 0 saturated carbocycles. The van der Waals surface area contributed by atoms with Crippen LogP contribution in [0.5, 0.6) is 5.75 Å². The van der Waals surface area contributed by atoms with E-state index in [0.717, 1.165) is 4.70 Å². The van der Waals surface area contributed by atoms with Gasteiger partial charge in [-0.05, 0) is 31.2 Å². The zero-order valence-corrected chi connectivity index (χ0v) is 12.8. The molecule has 2 heterocycles. The van der Waals surface area contributed by atoms with Crippen molar-refractivity contribution in [1.29, 1.82) is 0 Å². The molecule has 7 heteroatoms. The Morgan fingerprint density at radius 3 is 2.86 bits per heavy atom. The number of rotatable bonds is 3. The molecule has 2 aromatic heterocycles. The molecule has 0 spiro atoms. The first-order chi connectivity index (χ1) is 10.6. The first-order valence-corrected chi connectivity index (χ1v) is 7.35. The third kappa shape index (κ3) is 2.58. The van der Waals surface area contributed by atoms with Crippen LogP contribution in [0.4, 0.5) is 5.13 Å². The Hall–Kier alpha value is -2.67. The van der Waals surface area contributed by atoms with Gasteiger partial charge in [0, 0.05) is 5.69 Å². The zero-order valence-electron chi connectivity index (χ0n) is 12.0. The molecule has 0 aliphatic rings. The van der Waals surface area contributed by atoms with E-state index in [1.807, 2.05) is 12.1 Å². The van der Waals surface area contributed by atoms with E-state index >= 15 is 0 Å². The van der Waals surface area contributed by atoms with Crippen LogP contribution in [0.3, 0.4) is 0 Å². The van der Waals surface area contributed by atoms with Crippen molar-refractivity contribution in [2.75, 3.05) is 12.4 Å². The molecular weight excluding hydrogens is 302 g/mol. The Morgan fingerprint density at radius 1 is 1.32 bits per heavy atom. The van der Waals surface area contributed by atoms with E-state index < -0.39 is 11.5 Å². The van der Waals surface area contributed by atoms with Gasteiger partial charge in [0.15, 0.2) is 5.13 Å². The summed E-state index contributed by atoms with van der Waals surface area (Å²) in [5.74, 6) is 0.154. The maximum Gasteiger partial charge on any atom is 0.263 e. The highest BCUT2D eigenvalue weighted by molar-refractivity contribution is 7.22. The van der Waals surface area contributed by atoms with Crippen molar-refractivity contribution in [1.82, 2.24) is 9.97 Å². The third-order valence-corrected chi connectivity index (χ3v) is 4.06. The largest absolute Gasteiger partial charge is 0.494 e. The van der Waals surface area contributed by atoms with Crippen LogP contribution in [0, 0.1) is 6.92 Å². The van der Waals surface area contributed by atoms with Crippen LogP contribution in [0.2, 0.25) is 0 Å². The molecule has 0 atom stereocenters. The number of hydrogen-bond acceptors (Lipinski definition) is 5. The fourth-order valence-electron chi connectivity index (χ4n) is 2.06. The second-order valence-corrected chi connectivity index (χ2v) is 5.69. The molecule has 0 unspecified atom stereocenters. The molecule has 1 amide bonds. The number of ether oxygens (including phenoxy) is 1. The van der Waals surface area contributed by atoms with Crippen LogP contribution >= 0.6 is 11.3 Å². The molecule has 0 bridgehead atoms. The number of thiazole rings is 1. The number of carbonyl (C=O) groups is 1. The number of carbonyl (C=O) groups excluding carboxylic acids is 1. The summed E-state index contributed by atoms with van der Waals surface area (Å²) in [6, 6.07) is 8.73. The lowest BCUT2D eigenvalue weighted by Crippen LogP contribution is -2.23. The Labute approximate surface area is 129 Å². The molecule has 6 nitrogen and oxygen atoms in total. The molecule has 0 aliphatic carbocycles. The van der Waals surface area contributed by atoms with Crippen LogP contribution in [0.1, 0.15) is 16.1 Å². The summed E-state index contributed by atoms with van der Waals surface area (Å²) in [6.07, 6.45) is 0. The lowest BCUT2D eigenvalue weighted by Gasteiger charge is -2.01. The number of methoxy groups -OCH3 is 1. The van der Waals surface area contributed by atoms with Gasteiger partial charge < -0.3 is 9.72 Å². The monoisotopic (exact) mass is 315 g/mol. The molecule has 22 heavy (non-hydrogen) atoms. The number of fused-ring (bicyclic) bond motifs is 1. The van der Waals surface area contributed by atoms with Crippen molar-refractivity contribution in [2.24, 2.45) is 0 Å². The molecule has 2 N–H and O–H groups in total. The van der Waals surface area contributed by atoms with E-state index in [4.69, 9.17) is 4.74 Å². The molecule has 112 valence electrons. The van der Waals surface area contributed by atoms with Gasteiger partial charge in [0.05, 0.1) is 11.8 Å². The van der Waals surface area contributed by atoms with Gasteiger partial charge in [0.1, 0.15) is 16.8 Å². The van der Waals surface area contributed by atoms with Crippen molar-refractivity contribution in [3.63, 3.8) is 0 Å².